The van der Waals surface area contributed by atoms with Crippen molar-refractivity contribution in [2.45, 2.75) is 6.04 Å². The number of primary amides is 1. The van der Waals surface area contributed by atoms with E-state index in [0.717, 1.165) is 10.2 Å². The van der Waals surface area contributed by atoms with E-state index in [9.17, 15) is 9.59 Å². The average Bonchev–Trinajstić information content (AvgIpc) is 3.09. The molecule has 3 aromatic rings. The molecule has 148 valence electrons. The van der Waals surface area contributed by atoms with Gasteiger partial charge in [-0.3, -0.25) is 9.69 Å². The van der Waals surface area contributed by atoms with Gasteiger partial charge < -0.3 is 20.5 Å². The van der Waals surface area contributed by atoms with E-state index in [1.165, 1.54) is 18.3 Å². The van der Waals surface area contributed by atoms with Crippen molar-refractivity contribution in [2.75, 3.05) is 23.9 Å². The summed E-state index contributed by atoms with van der Waals surface area (Å²) in [5.74, 6) is 0.213. The Bertz CT molecular complexity index is 1120. The van der Waals surface area contributed by atoms with Crippen LogP contribution in [0.3, 0.4) is 0 Å². The summed E-state index contributed by atoms with van der Waals surface area (Å²) in [6, 6.07) is 10.0. The Balaban J connectivity index is 1.85. The first-order valence-electron chi connectivity index (χ1n) is 8.58. The molecule has 2 amide bonds. The van der Waals surface area contributed by atoms with Crippen LogP contribution < -0.4 is 20.7 Å². The highest BCUT2D eigenvalue weighted by Crippen LogP contribution is 2.38. The summed E-state index contributed by atoms with van der Waals surface area (Å²) in [5, 5.41) is 3.87. The SMILES string of the molecule is COc1cc2ncnc(Nc3cccc(Br)c3)c2cc1N1C(=O)OC[C@@H]1C(N)=O. The number of benzene rings is 2. The number of carbonyl (C=O) groups is 2. The van der Waals surface area contributed by atoms with Crippen molar-refractivity contribution >= 4 is 56.0 Å². The van der Waals surface area contributed by atoms with Gasteiger partial charge in [-0.15, -0.1) is 0 Å². The van der Waals surface area contributed by atoms with Gasteiger partial charge in [0.05, 0.1) is 18.3 Å². The fourth-order valence-electron chi connectivity index (χ4n) is 3.12. The van der Waals surface area contributed by atoms with E-state index < -0.39 is 18.0 Å². The summed E-state index contributed by atoms with van der Waals surface area (Å²) in [4.78, 5) is 33.9. The van der Waals surface area contributed by atoms with Gasteiger partial charge in [0.2, 0.25) is 5.91 Å². The Kier molecular flexibility index (Phi) is 4.93. The number of nitrogens with two attached hydrogens (primary N) is 1. The topological polar surface area (TPSA) is 120 Å². The number of cyclic esters (lactones) is 1. The predicted molar refractivity (Wildman–Crippen MR) is 110 cm³/mol. The minimum Gasteiger partial charge on any atom is -0.494 e. The number of hydrogen-bond acceptors (Lipinski definition) is 7. The van der Waals surface area contributed by atoms with E-state index in [4.69, 9.17) is 15.2 Å². The Morgan fingerprint density at radius 1 is 1.34 bits per heavy atom. The molecule has 10 heteroatoms. The molecule has 0 aliphatic carbocycles. The number of amides is 2. The van der Waals surface area contributed by atoms with Gasteiger partial charge in [0.15, 0.2) is 6.04 Å². The summed E-state index contributed by atoms with van der Waals surface area (Å²) in [6.07, 6.45) is 0.753. The molecule has 0 unspecified atom stereocenters. The van der Waals surface area contributed by atoms with E-state index in [0.29, 0.717) is 28.2 Å². The third kappa shape index (κ3) is 3.54. The minimum absolute atomic E-state index is 0.121. The molecular formula is C19H16BrN5O4. The summed E-state index contributed by atoms with van der Waals surface area (Å²) >= 11 is 3.44. The molecule has 9 nitrogen and oxygen atoms in total. The largest absolute Gasteiger partial charge is 0.494 e. The van der Waals surface area contributed by atoms with Crippen LogP contribution in [0.4, 0.5) is 22.0 Å². The van der Waals surface area contributed by atoms with Gasteiger partial charge in [-0.05, 0) is 24.3 Å². The number of aromatic nitrogens is 2. The van der Waals surface area contributed by atoms with Crippen molar-refractivity contribution in [3.63, 3.8) is 0 Å². The molecule has 0 bridgehead atoms. The number of ether oxygens (including phenoxy) is 2. The second-order valence-electron chi connectivity index (χ2n) is 6.26. The molecule has 1 fully saturated rings. The molecule has 0 saturated carbocycles. The average molecular weight is 458 g/mol. The highest BCUT2D eigenvalue weighted by atomic mass is 79.9. The lowest BCUT2D eigenvalue weighted by Crippen LogP contribution is -2.43. The van der Waals surface area contributed by atoms with Crippen LogP contribution in [0.2, 0.25) is 0 Å². The number of anilines is 3. The summed E-state index contributed by atoms with van der Waals surface area (Å²) in [5.41, 5.74) is 7.20. The molecular weight excluding hydrogens is 442 g/mol. The summed E-state index contributed by atoms with van der Waals surface area (Å²) in [7, 11) is 1.47. The van der Waals surface area contributed by atoms with Crippen LogP contribution in [-0.4, -0.2) is 41.7 Å². The van der Waals surface area contributed by atoms with E-state index >= 15 is 0 Å². The summed E-state index contributed by atoms with van der Waals surface area (Å²) < 4.78 is 11.4. The molecule has 3 N–H and O–H groups in total. The Labute approximate surface area is 173 Å². The Morgan fingerprint density at radius 3 is 2.90 bits per heavy atom. The minimum atomic E-state index is -0.931. The molecule has 2 aromatic carbocycles. The lowest BCUT2D eigenvalue weighted by Gasteiger charge is -2.22. The normalized spacial score (nSPS) is 16.0. The number of carbonyl (C=O) groups excluding carboxylic acids is 2. The zero-order chi connectivity index (χ0) is 20.5. The third-order valence-corrected chi connectivity index (χ3v) is 4.98. The Morgan fingerprint density at radius 2 is 2.17 bits per heavy atom. The maximum atomic E-state index is 12.3. The van der Waals surface area contributed by atoms with Gasteiger partial charge in [0.1, 0.15) is 24.5 Å². The maximum absolute atomic E-state index is 12.3. The fraction of sp³-hybridized carbons (Fsp3) is 0.158. The second kappa shape index (κ2) is 7.55. The van der Waals surface area contributed by atoms with Gasteiger partial charge in [-0.25, -0.2) is 14.8 Å². The van der Waals surface area contributed by atoms with E-state index in [1.54, 1.807) is 12.1 Å². The first kappa shape index (κ1) is 18.9. The molecule has 0 radical (unpaired) electrons. The van der Waals surface area contributed by atoms with Gasteiger partial charge in [0.25, 0.3) is 0 Å². The van der Waals surface area contributed by atoms with Crippen molar-refractivity contribution in [1.29, 1.82) is 0 Å². The van der Waals surface area contributed by atoms with Crippen LogP contribution in [0.25, 0.3) is 10.9 Å². The molecule has 1 aliphatic heterocycles. The molecule has 2 heterocycles. The molecule has 4 rings (SSSR count). The fourth-order valence-corrected chi connectivity index (χ4v) is 3.52. The molecule has 1 aromatic heterocycles. The monoisotopic (exact) mass is 457 g/mol. The molecule has 1 aliphatic rings. The van der Waals surface area contributed by atoms with Crippen molar-refractivity contribution in [2.24, 2.45) is 5.73 Å². The zero-order valence-electron chi connectivity index (χ0n) is 15.3. The first-order chi connectivity index (χ1) is 14.0. The van der Waals surface area contributed by atoms with E-state index in [-0.39, 0.29) is 6.61 Å². The highest BCUT2D eigenvalue weighted by molar-refractivity contribution is 9.10. The van der Waals surface area contributed by atoms with Crippen LogP contribution in [0.15, 0.2) is 47.2 Å². The number of methoxy groups -OCH3 is 1. The lowest BCUT2D eigenvalue weighted by molar-refractivity contribution is -0.119. The van der Waals surface area contributed by atoms with Crippen LogP contribution in [0.1, 0.15) is 0 Å². The summed E-state index contributed by atoms with van der Waals surface area (Å²) in [6.45, 7) is -0.121. The van der Waals surface area contributed by atoms with Crippen molar-refractivity contribution in [3.05, 3.63) is 47.2 Å². The number of fused-ring (bicyclic) bond motifs is 1. The van der Waals surface area contributed by atoms with Gasteiger partial charge >= 0.3 is 6.09 Å². The number of rotatable bonds is 5. The van der Waals surface area contributed by atoms with Crippen molar-refractivity contribution in [1.82, 2.24) is 9.97 Å². The van der Waals surface area contributed by atoms with E-state index in [1.807, 2.05) is 24.3 Å². The number of nitrogens with one attached hydrogen (secondary N) is 1. The number of nitrogens with zero attached hydrogens (tertiary/aromatic N) is 3. The maximum Gasteiger partial charge on any atom is 0.415 e. The quantitative estimate of drug-likeness (QED) is 0.603. The van der Waals surface area contributed by atoms with Crippen LogP contribution in [0, 0.1) is 0 Å². The smallest absolute Gasteiger partial charge is 0.415 e. The van der Waals surface area contributed by atoms with Gasteiger partial charge in [-0.1, -0.05) is 22.0 Å². The third-order valence-electron chi connectivity index (χ3n) is 4.48. The number of hydrogen-bond donors (Lipinski definition) is 2. The van der Waals surface area contributed by atoms with E-state index in [2.05, 4.69) is 31.2 Å². The van der Waals surface area contributed by atoms with Gasteiger partial charge in [0, 0.05) is 21.6 Å². The standard InChI is InChI=1S/C19H16BrN5O4/c1-28-16-7-13-12(6-14(16)25-15(17(21)26)8-29-19(25)27)18(23-9-22-13)24-11-4-2-3-10(20)5-11/h2-7,9,15H,8H2,1H3,(H2,21,26)(H,22,23,24)/t15-/m1/s1. The molecule has 1 saturated heterocycles. The number of halogens is 1. The van der Waals surface area contributed by atoms with Crippen LogP contribution in [0.5, 0.6) is 5.75 Å². The van der Waals surface area contributed by atoms with Crippen LogP contribution in [-0.2, 0) is 9.53 Å². The first-order valence-corrected chi connectivity index (χ1v) is 9.38. The second-order valence-corrected chi connectivity index (χ2v) is 7.18. The van der Waals surface area contributed by atoms with Crippen LogP contribution >= 0.6 is 15.9 Å². The highest BCUT2D eigenvalue weighted by Gasteiger charge is 2.39. The predicted octanol–water partition coefficient (Wildman–Crippen LogP) is 2.96. The molecule has 0 spiro atoms. The van der Waals surface area contributed by atoms with Gasteiger partial charge in [-0.2, -0.15) is 0 Å². The van der Waals surface area contributed by atoms with Crippen molar-refractivity contribution in [3.8, 4) is 5.75 Å². The van der Waals surface area contributed by atoms with Crippen molar-refractivity contribution < 1.29 is 19.1 Å². The Hall–Kier alpha value is -3.40. The lowest BCUT2D eigenvalue weighted by atomic mass is 10.1. The molecule has 29 heavy (non-hydrogen) atoms. The zero-order valence-corrected chi connectivity index (χ0v) is 16.8. The molecule has 1 atom stereocenters.